The first-order valence-corrected chi connectivity index (χ1v) is 8.79. The van der Waals surface area contributed by atoms with Crippen LogP contribution < -0.4 is 10.6 Å². The lowest BCUT2D eigenvalue weighted by molar-refractivity contribution is -0.156. The Kier molecular flexibility index (Phi) is 6.48. The third kappa shape index (κ3) is 5.40. The Balaban J connectivity index is 2.10. The molecule has 1 aromatic carbocycles. The van der Waals surface area contributed by atoms with Crippen LogP contribution in [0.4, 0.5) is 0 Å². The van der Waals surface area contributed by atoms with E-state index in [1.165, 1.54) is 11.3 Å². The van der Waals surface area contributed by atoms with Gasteiger partial charge in [-0.15, -0.1) is 11.3 Å². The van der Waals surface area contributed by atoms with Crippen LogP contribution in [0.1, 0.15) is 22.2 Å². The van der Waals surface area contributed by atoms with Gasteiger partial charge in [-0.05, 0) is 23.9 Å². The number of hydrogen-bond donors (Lipinski definition) is 4. The van der Waals surface area contributed by atoms with Crippen LogP contribution in [0.5, 0.6) is 0 Å². The standard InChI is InChI=1S/C18H20N2O5S/c1-18(25,17(23)24)11-19-15(21)13(10-12-6-3-2-4-7-12)20-16(22)14-8-5-9-26-14/h2-9,13,25H,10-11H2,1H3,(H,19,21)(H,20,22)(H,23,24). The normalized spacial score (nSPS) is 14.1. The molecule has 0 saturated heterocycles. The number of thiophene rings is 1. The number of hydrogen-bond acceptors (Lipinski definition) is 5. The zero-order chi connectivity index (χ0) is 19.2. The number of nitrogens with one attached hydrogen (secondary N) is 2. The molecule has 0 radical (unpaired) electrons. The van der Waals surface area contributed by atoms with Crippen molar-refractivity contribution in [2.24, 2.45) is 0 Å². The lowest BCUT2D eigenvalue weighted by atomic mass is 10.0. The quantitative estimate of drug-likeness (QED) is 0.549. The Bertz CT molecular complexity index is 759. The molecule has 2 unspecified atom stereocenters. The van der Waals surface area contributed by atoms with Gasteiger partial charge in [0.15, 0.2) is 5.60 Å². The minimum atomic E-state index is -2.09. The Hall–Kier alpha value is -2.71. The van der Waals surface area contributed by atoms with Gasteiger partial charge in [0, 0.05) is 6.42 Å². The van der Waals surface area contributed by atoms with Gasteiger partial charge in [-0.3, -0.25) is 9.59 Å². The molecule has 7 nitrogen and oxygen atoms in total. The van der Waals surface area contributed by atoms with Gasteiger partial charge in [-0.1, -0.05) is 36.4 Å². The van der Waals surface area contributed by atoms with E-state index in [9.17, 15) is 19.5 Å². The van der Waals surface area contributed by atoms with Gasteiger partial charge in [-0.2, -0.15) is 0 Å². The van der Waals surface area contributed by atoms with E-state index in [0.717, 1.165) is 12.5 Å². The Labute approximate surface area is 154 Å². The highest BCUT2D eigenvalue weighted by molar-refractivity contribution is 7.12. The van der Waals surface area contributed by atoms with Crippen molar-refractivity contribution in [1.82, 2.24) is 10.6 Å². The summed E-state index contributed by atoms with van der Waals surface area (Å²) < 4.78 is 0. The molecule has 1 aromatic heterocycles. The van der Waals surface area contributed by atoms with Gasteiger partial charge in [0.05, 0.1) is 11.4 Å². The highest BCUT2D eigenvalue weighted by atomic mass is 32.1. The number of benzene rings is 1. The molecular formula is C18H20N2O5S. The average molecular weight is 376 g/mol. The molecule has 2 aromatic rings. The van der Waals surface area contributed by atoms with Crippen LogP contribution in [0.15, 0.2) is 47.8 Å². The van der Waals surface area contributed by atoms with Gasteiger partial charge in [0.1, 0.15) is 6.04 Å². The maximum absolute atomic E-state index is 12.5. The summed E-state index contributed by atoms with van der Waals surface area (Å²) in [7, 11) is 0. The van der Waals surface area contributed by atoms with Crippen LogP contribution >= 0.6 is 11.3 Å². The summed E-state index contributed by atoms with van der Waals surface area (Å²) >= 11 is 1.25. The third-order valence-corrected chi connectivity index (χ3v) is 4.59. The van der Waals surface area contributed by atoms with Crippen LogP contribution in [0, 0.1) is 0 Å². The molecule has 0 aliphatic heterocycles. The van der Waals surface area contributed by atoms with Crippen molar-refractivity contribution in [1.29, 1.82) is 0 Å². The lowest BCUT2D eigenvalue weighted by Gasteiger charge is -2.22. The molecule has 138 valence electrons. The lowest BCUT2D eigenvalue weighted by Crippen LogP contribution is -2.53. The first-order chi connectivity index (χ1) is 12.3. The molecule has 0 bridgehead atoms. The van der Waals surface area contributed by atoms with Crippen LogP contribution in [0.2, 0.25) is 0 Å². The van der Waals surface area contributed by atoms with Gasteiger partial charge >= 0.3 is 5.97 Å². The topological polar surface area (TPSA) is 116 Å². The van der Waals surface area contributed by atoms with Crippen molar-refractivity contribution in [2.45, 2.75) is 25.0 Å². The van der Waals surface area contributed by atoms with Crippen LogP contribution in [0.3, 0.4) is 0 Å². The summed E-state index contributed by atoms with van der Waals surface area (Å²) in [4.78, 5) is 36.2. The van der Waals surface area contributed by atoms with Crippen LogP contribution in [-0.2, 0) is 16.0 Å². The molecule has 4 N–H and O–H groups in total. The molecule has 26 heavy (non-hydrogen) atoms. The number of aliphatic hydroxyl groups is 1. The van der Waals surface area contributed by atoms with Gasteiger partial charge < -0.3 is 20.8 Å². The Morgan fingerprint density at radius 1 is 1.15 bits per heavy atom. The Morgan fingerprint density at radius 3 is 2.42 bits per heavy atom. The predicted molar refractivity (Wildman–Crippen MR) is 97.0 cm³/mol. The molecule has 2 rings (SSSR count). The third-order valence-electron chi connectivity index (χ3n) is 3.72. The maximum atomic E-state index is 12.5. The summed E-state index contributed by atoms with van der Waals surface area (Å²) in [5.74, 6) is -2.40. The van der Waals surface area contributed by atoms with Crippen LogP contribution in [0.25, 0.3) is 0 Å². The highest BCUT2D eigenvalue weighted by Crippen LogP contribution is 2.10. The number of carboxylic acids is 1. The van der Waals surface area contributed by atoms with Crippen molar-refractivity contribution in [3.8, 4) is 0 Å². The summed E-state index contributed by atoms with van der Waals surface area (Å²) in [6.45, 7) is 0.618. The van der Waals surface area contributed by atoms with E-state index >= 15 is 0 Å². The monoisotopic (exact) mass is 376 g/mol. The van der Waals surface area contributed by atoms with Gasteiger partial charge in [0.2, 0.25) is 5.91 Å². The fourth-order valence-electron chi connectivity index (χ4n) is 2.15. The predicted octanol–water partition coefficient (Wildman–Crippen LogP) is 1.04. The fourth-order valence-corrected chi connectivity index (χ4v) is 2.78. The Morgan fingerprint density at radius 2 is 1.85 bits per heavy atom. The van der Waals surface area contributed by atoms with E-state index in [2.05, 4.69) is 10.6 Å². The fraction of sp³-hybridized carbons (Fsp3) is 0.278. The zero-order valence-corrected chi connectivity index (χ0v) is 15.0. The van der Waals surface area contributed by atoms with E-state index < -0.39 is 30.1 Å². The van der Waals surface area contributed by atoms with E-state index in [1.54, 1.807) is 17.5 Å². The second kappa shape index (κ2) is 8.59. The second-order valence-corrected chi connectivity index (χ2v) is 6.94. The summed E-state index contributed by atoms with van der Waals surface area (Å²) in [6, 6.07) is 11.6. The van der Waals surface area contributed by atoms with Crippen molar-refractivity contribution in [3.05, 3.63) is 58.3 Å². The van der Waals surface area contributed by atoms with E-state index in [1.807, 2.05) is 30.3 Å². The van der Waals surface area contributed by atoms with Gasteiger partial charge in [-0.25, -0.2) is 4.79 Å². The van der Waals surface area contributed by atoms with E-state index in [0.29, 0.717) is 4.88 Å². The van der Waals surface area contributed by atoms with E-state index in [-0.39, 0.29) is 12.3 Å². The molecule has 0 aliphatic carbocycles. The number of rotatable bonds is 8. The molecule has 0 spiro atoms. The smallest absolute Gasteiger partial charge is 0.337 e. The molecule has 2 amide bonds. The SMILES string of the molecule is CC(O)(CNC(=O)C(Cc1ccccc1)NC(=O)c1cccs1)C(=O)O. The summed E-state index contributed by atoms with van der Waals surface area (Å²) in [5, 5.41) is 25.5. The average Bonchev–Trinajstić information content (AvgIpc) is 3.14. The highest BCUT2D eigenvalue weighted by Gasteiger charge is 2.32. The largest absolute Gasteiger partial charge is 0.479 e. The first kappa shape index (κ1) is 19.6. The van der Waals surface area contributed by atoms with Crippen LogP contribution in [-0.4, -0.2) is 46.2 Å². The number of aliphatic carboxylic acids is 1. The maximum Gasteiger partial charge on any atom is 0.337 e. The van der Waals surface area contributed by atoms with Crippen molar-refractivity contribution in [3.63, 3.8) is 0 Å². The zero-order valence-electron chi connectivity index (χ0n) is 14.1. The number of amides is 2. The molecule has 1 heterocycles. The minimum absolute atomic E-state index is 0.235. The molecule has 0 aliphatic rings. The molecule has 0 fully saturated rings. The first-order valence-electron chi connectivity index (χ1n) is 7.91. The molecule has 2 atom stereocenters. The van der Waals surface area contributed by atoms with Crippen molar-refractivity contribution >= 4 is 29.1 Å². The van der Waals surface area contributed by atoms with Gasteiger partial charge in [0.25, 0.3) is 5.91 Å². The summed E-state index contributed by atoms with van der Waals surface area (Å²) in [6.07, 6.45) is 0.235. The second-order valence-electron chi connectivity index (χ2n) is 5.99. The van der Waals surface area contributed by atoms with Crippen molar-refractivity contribution in [2.75, 3.05) is 6.54 Å². The van der Waals surface area contributed by atoms with E-state index in [4.69, 9.17) is 5.11 Å². The number of carboxylic acid groups (broad SMARTS) is 1. The molecule has 8 heteroatoms. The van der Waals surface area contributed by atoms with Crippen molar-refractivity contribution < 1.29 is 24.6 Å². The molecular weight excluding hydrogens is 356 g/mol. The number of carbonyl (C=O) groups excluding carboxylic acids is 2. The summed E-state index contributed by atoms with van der Waals surface area (Å²) in [5.41, 5.74) is -1.26. The molecule has 0 saturated carbocycles. The number of carbonyl (C=O) groups is 3. The minimum Gasteiger partial charge on any atom is -0.479 e.